The lowest BCUT2D eigenvalue weighted by Gasteiger charge is -2.13. The first-order valence-corrected chi connectivity index (χ1v) is 15.2. The van der Waals surface area contributed by atoms with Crippen LogP contribution in [-0.4, -0.2) is 14.1 Å². The molecule has 0 bridgehead atoms. The first-order valence-electron chi connectivity index (χ1n) is 15.2. The number of aromatic nitrogens is 3. The van der Waals surface area contributed by atoms with Gasteiger partial charge in [-0.3, -0.25) is 4.57 Å². The Bertz CT molecular complexity index is 2230. The van der Waals surface area contributed by atoms with Crippen LogP contribution in [-0.2, 0) is 6.54 Å². The highest BCUT2D eigenvalue weighted by Gasteiger charge is 2.21. The lowest BCUT2D eigenvalue weighted by atomic mass is 10.00. The number of unbranched alkanes of at least 4 members (excludes halogenated alkanes) is 3. The van der Waals surface area contributed by atoms with E-state index in [1.807, 2.05) is 0 Å². The summed E-state index contributed by atoms with van der Waals surface area (Å²) >= 11 is 0. The van der Waals surface area contributed by atoms with Crippen molar-refractivity contribution in [2.45, 2.75) is 39.2 Å². The molecule has 0 amide bonds. The average molecular weight is 544 g/mol. The third-order valence-electron chi connectivity index (χ3n) is 8.81. The molecule has 0 radical (unpaired) electrons. The van der Waals surface area contributed by atoms with Crippen LogP contribution in [0.15, 0.2) is 121 Å². The topological polar surface area (TPSA) is 22.8 Å². The number of rotatable bonds is 7. The molecule has 8 aromatic rings. The van der Waals surface area contributed by atoms with Crippen molar-refractivity contribution in [3.05, 3.63) is 121 Å². The Morgan fingerprint density at radius 2 is 1.19 bits per heavy atom. The molecule has 0 aliphatic heterocycles. The Kier molecular flexibility index (Phi) is 6.03. The van der Waals surface area contributed by atoms with Crippen molar-refractivity contribution in [2.24, 2.45) is 0 Å². The molecule has 0 aliphatic rings. The molecule has 6 aromatic carbocycles. The summed E-state index contributed by atoms with van der Waals surface area (Å²) in [4.78, 5) is 5.46. The Morgan fingerprint density at radius 3 is 1.98 bits per heavy atom. The Labute approximate surface area is 245 Å². The minimum absolute atomic E-state index is 0.972. The molecule has 0 saturated carbocycles. The molecule has 2 aromatic heterocycles. The minimum atomic E-state index is 0.972. The number of hydrogen-bond donors (Lipinski definition) is 0. The molecule has 0 fully saturated rings. The van der Waals surface area contributed by atoms with Crippen LogP contribution < -0.4 is 0 Å². The van der Waals surface area contributed by atoms with Gasteiger partial charge in [-0.1, -0.05) is 111 Å². The van der Waals surface area contributed by atoms with E-state index < -0.39 is 0 Å². The molecular formula is C39H33N3. The number of imidazole rings is 1. The van der Waals surface area contributed by atoms with Crippen molar-refractivity contribution in [1.82, 2.24) is 14.1 Å². The fourth-order valence-corrected chi connectivity index (χ4v) is 6.86. The second kappa shape index (κ2) is 10.2. The van der Waals surface area contributed by atoms with Crippen molar-refractivity contribution < 1.29 is 0 Å². The highest BCUT2D eigenvalue weighted by atomic mass is 15.1. The fraction of sp³-hybridized carbons (Fsp3) is 0.154. The van der Waals surface area contributed by atoms with E-state index >= 15 is 0 Å². The molecule has 42 heavy (non-hydrogen) atoms. The molecule has 0 aliphatic carbocycles. The fourth-order valence-electron chi connectivity index (χ4n) is 6.86. The molecule has 3 nitrogen and oxygen atoms in total. The zero-order chi connectivity index (χ0) is 28.0. The predicted octanol–water partition coefficient (Wildman–Crippen LogP) is 10.7. The number of hydrogen-bond acceptors (Lipinski definition) is 1. The summed E-state index contributed by atoms with van der Waals surface area (Å²) in [6.45, 7) is 3.32. The molecule has 0 spiro atoms. The molecule has 0 saturated heterocycles. The minimum Gasteiger partial charge on any atom is -0.340 e. The molecule has 8 rings (SSSR count). The monoisotopic (exact) mass is 543 g/mol. The summed E-state index contributed by atoms with van der Waals surface area (Å²) in [5.74, 6) is 0.972. The summed E-state index contributed by atoms with van der Waals surface area (Å²) in [6, 6.07) is 43.9. The molecule has 2 heterocycles. The van der Waals surface area contributed by atoms with E-state index in [0.717, 1.165) is 34.7 Å². The summed E-state index contributed by atoms with van der Waals surface area (Å²) in [7, 11) is 0. The third-order valence-corrected chi connectivity index (χ3v) is 8.81. The standard InChI is InChI=1S/C39H33N3/c1-2-3-4-14-25-41-35-22-13-12-19-31(35)34-26-27(23-24-36(34)41)39-40-37-32-20-10-8-17-29(32)30-18-9-11-21-33(30)38(37)42(39)28-15-6-5-7-16-28/h5-13,15-24,26H,2-4,14,25H2,1H3. The molecule has 0 unspecified atom stereocenters. The summed E-state index contributed by atoms with van der Waals surface area (Å²) < 4.78 is 4.89. The van der Waals surface area contributed by atoms with Crippen LogP contribution in [0, 0.1) is 0 Å². The number of aryl methyl sites for hydroxylation is 1. The summed E-state index contributed by atoms with van der Waals surface area (Å²) in [5.41, 5.74) is 7.06. The van der Waals surface area contributed by atoms with E-state index in [2.05, 4.69) is 137 Å². The molecular weight excluding hydrogens is 510 g/mol. The Morgan fingerprint density at radius 1 is 0.548 bits per heavy atom. The highest BCUT2D eigenvalue weighted by Crippen LogP contribution is 2.40. The zero-order valence-corrected chi connectivity index (χ0v) is 23.9. The van der Waals surface area contributed by atoms with Gasteiger partial charge in [-0.25, -0.2) is 4.98 Å². The van der Waals surface area contributed by atoms with E-state index in [9.17, 15) is 0 Å². The first kappa shape index (κ1) is 24.9. The Hall–Kier alpha value is -4.89. The van der Waals surface area contributed by atoms with Crippen LogP contribution in [0.2, 0.25) is 0 Å². The summed E-state index contributed by atoms with van der Waals surface area (Å²) in [6.07, 6.45) is 5.02. The van der Waals surface area contributed by atoms with E-state index in [4.69, 9.17) is 4.98 Å². The van der Waals surface area contributed by atoms with Gasteiger partial charge in [0.25, 0.3) is 0 Å². The lowest BCUT2D eigenvalue weighted by molar-refractivity contribution is 0.602. The van der Waals surface area contributed by atoms with Gasteiger partial charge in [0.1, 0.15) is 5.82 Å². The first-order chi connectivity index (χ1) is 20.8. The number of para-hydroxylation sites is 2. The highest BCUT2D eigenvalue weighted by molar-refractivity contribution is 6.24. The summed E-state index contributed by atoms with van der Waals surface area (Å²) in [5, 5.41) is 7.51. The van der Waals surface area contributed by atoms with Gasteiger partial charge < -0.3 is 4.57 Å². The maximum atomic E-state index is 5.46. The van der Waals surface area contributed by atoms with Gasteiger partial charge in [-0.2, -0.15) is 0 Å². The van der Waals surface area contributed by atoms with Crippen LogP contribution in [0.1, 0.15) is 32.6 Å². The smallest absolute Gasteiger partial charge is 0.145 e. The van der Waals surface area contributed by atoms with Gasteiger partial charge >= 0.3 is 0 Å². The van der Waals surface area contributed by atoms with Crippen LogP contribution in [0.4, 0.5) is 0 Å². The number of benzene rings is 6. The number of fused-ring (bicyclic) bond motifs is 9. The second-order valence-electron chi connectivity index (χ2n) is 11.4. The Balaban J connectivity index is 1.43. The van der Waals surface area contributed by atoms with Gasteiger partial charge in [0, 0.05) is 50.4 Å². The lowest BCUT2D eigenvalue weighted by Crippen LogP contribution is -1.99. The largest absolute Gasteiger partial charge is 0.340 e. The van der Waals surface area contributed by atoms with E-state index in [1.165, 1.54) is 69.0 Å². The van der Waals surface area contributed by atoms with Crippen molar-refractivity contribution in [3.8, 4) is 17.1 Å². The van der Waals surface area contributed by atoms with Gasteiger partial charge in [0.15, 0.2) is 0 Å². The van der Waals surface area contributed by atoms with E-state index in [0.29, 0.717) is 0 Å². The van der Waals surface area contributed by atoms with Crippen LogP contribution >= 0.6 is 0 Å². The molecule has 204 valence electrons. The van der Waals surface area contributed by atoms with Gasteiger partial charge in [0.05, 0.1) is 11.0 Å². The van der Waals surface area contributed by atoms with Crippen molar-refractivity contribution >= 4 is 54.4 Å². The third kappa shape index (κ3) is 3.84. The second-order valence-corrected chi connectivity index (χ2v) is 11.4. The van der Waals surface area contributed by atoms with Crippen LogP contribution in [0.25, 0.3) is 71.5 Å². The average Bonchev–Trinajstić information content (AvgIpc) is 3.60. The van der Waals surface area contributed by atoms with Crippen molar-refractivity contribution in [2.75, 3.05) is 0 Å². The van der Waals surface area contributed by atoms with Crippen molar-refractivity contribution in [1.29, 1.82) is 0 Å². The number of nitrogens with zero attached hydrogens (tertiary/aromatic N) is 3. The van der Waals surface area contributed by atoms with Crippen LogP contribution in [0.5, 0.6) is 0 Å². The van der Waals surface area contributed by atoms with E-state index in [1.54, 1.807) is 0 Å². The van der Waals surface area contributed by atoms with Gasteiger partial charge in [-0.15, -0.1) is 0 Å². The van der Waals surface area contributed by atoms with Gasteiger partial charge in [0.2, 0.25) is 0 Å². The zero-order valence-electron chi connectivity index (χ0n) is 23.9. The quantitative estimate of drug-likeness (QED) is 0.145. The van der Waals surface area contributed by atoms with Crippen molar-refractivity contribution in [3.63, 3.8) is 0 Å². The van der Waals surface area contributed by atoms with Gasteiger partial charge in [-0.05, 0) is 53.6 Å². The predicted molar refractivity (Wildman–Crippen MR) is 179 cm³/mol. The molecule has 3 heteroatoms. The normalized spacial score (nSPS) is 11.9. The van der Waals surface area contributed by atoms with E-state index in [-0.39, 0.29) is 0 Å². The maximum absolute atomic E-state index is 5.46. The van der Waals surface area contributed by atoms with Crippen LogP contribution in [0.3, 0.4) is 0 Å². The molecule has 0 atom stereocenters. The maximum Gasteiger partial charge on any atom is 0.145 e. The SMILES string of the molecule is CCCCCCn1c2ccccc2c2cc(-c3nc4c5ccccc5c5ccccc5c4n3-c3ccccc3)ccc21. The molecule has 0 N–H and O–H groups in total.